The van der Waals surface area contributed by atoms with Crippen molar-refractivity contribution in [2.24, 2.45) is 0 Å². The number of hydrogen-bond donors (Lipinski definition) is 2. The molecule has 2 N–H and O–H groups in total. The molecule has 92 valence electrons. The Balaban J connectivity index is 2.22. The number of hydrogen-bond acceptors (Lipinski definition) is 5. The molecule has 18 heavy (non-hydrogen) atoms. The Labute approximate surface area is 116 Å². The van der Waals surface area contributed by atoms with Crippen molar-refractivity contribution in [2.75, 3.05) is 11.9 Å². The van der Waals surface area contributed by atoms with E-state index in [1.165, 1.54) is 0 Å². The average Bonchev–Trinajstić information content (AvgIpc) is 2.97. The highest BCUT2D eigenvalue weighted by Crippen LogP contribution is 2.18. The van der Waals surface area contributed by atoms with Crippen LogP contribution in [0.3, 0.4) is 0 Å². The molecule has 0 aromatic carbocycles. The number of aromatic nitrogens is 6. The summed E-state index contributed by atoms with van der Waals surface area (Å²) in [5.41, 5.74) is 1.40. The molecule has 3 aromatic rings. The maximum absolute atomic E-state index is 4.45. The number of halogens is 1. The van der Waals surface area contributed by atoms with Crippen LogP contribution in [-0.4, -0.2) is 36.3 Å². The van der Waals surface area contributed by atoms with E-state index in [2.05, 4.69) is 52.9 Å². The zero-order chi connectivity index (χ0) is 12.5. The third kappa shape index (κ3) is 1.92. The van der Waals surface area contributed by atoms with Gasteiger partial charge in [0.05, 0.1) is 16.1 Å². The zero-order valence-corrected chi connectivity index (χ0v) is 11.7. The Morgan fingerprint density at radius 2 is 2.33 bits per heavy atom. The highest BCUT2D eigenvalue weighted by molar-refractivity contribution is 14.1. The number of nitrogens with zero attached hydrogens (tertiary/aromatic N) is 5. The molecule has 0 aliphatic rings. The van der Waals surface area contributed by atoms with Crippen LogP contribution in [0, 0.1) is 3.57 Å². The number of fused-ring (bicyclic) bond motifs is 1. The summed E-state index contributed by atoms with van der Waals surface area (Å²) in [6.07, 6.45) is 5.28. The van der Waals surface area contributed by atoms with E-state index >= 15 is 0 Å². The van der Waals surface area contributed by atoms with E-state index in [-0.39, 0.29) is 0 Å². The van der Waals surface area contributed by atoms with Crippen molar-refractivity contribution in [3.63, 3.8) is 0 Å². The van der Waals surface area contributed by atoms with Gasteiger partial charge in [0.25, 0.3) is 0 Å². The molecule has 0 unspecified atom stereocenters. The Bertz CT molecular complexity index is 686. The smallest absolute Gasteiger partial charge is 0.226 e. The van der Waals surface area contributed by atoms with Crippen molar-refractivity contribution in [2.45, 2.75) is 6.92 Å². The standard InChI is InChI=1S/C10H10IN7/c1-2-12-10-16-8-7(13-5-14-8)9(17-10)18-4-6(11)3-15-18/h3-5H,2H2,1H3,(H2,12,13,14,16,17). The lowest BCUT2D eigenvalue weighted by Gasteiger charge is -2.05. The first kappa shape index (κ1) is 11.4. The van der Waals surface area contributed by atoms with E-state index in [1.54, 1.807) is 17.2 Å². The van der Waals surface area contributed by atoms with Gasteiger partial charge in [-0.2, -0.15) is 15.1 Å². The van der Waals surface area contributed by atoms with Crippen LogP contribution in [-0.2, 0) is 0 Å². The third-order valence-electron chi connectivity index (χ3n) is 2.37. The minimum absolute atomic E-state index is 0.553. The first-order chi connectivity index (χ1) is 8.78. The maximum atomic E-state index is 4.45. The van der Waals surface area contributed by atoms with E-state index in [4.69, 9.17) is 0 Å². The van der Waals surface area contributed by atoms with Crippen molar-refractivity contribution in [1.82, 2.24) is 29.7 Å². The summed E-state index contributed by atoms with van der Waals surface area (Å²) in [6.45, 7) is 2.75. The maximum Gasteiger partial charge on any atom is 0.226 e. The lowest BCUT2D eigenvalue weighted by atomic mass is 10.5. The summed E-state index contributed by atoms with van der Waals surface area (Å²) in [5.74, 6) is 1.24. The topological polar surface area (TPSA) is 84.3 Å². The fraction of sp³-hybridized carbons (Fsp3) is 0.200. The van der Waals surface area contributed by atoms with Crippen LogP contribution in [0.25, 0.3) is 17.0 Å². The molecule has 7 nitrogen and oxygen atoms in total. The molecule has 0 fully saturated rings. The van der Waals surface area contributed by atoms with Gasteiger partial charge in [-0.3, -0.25) is 0 Å². The number of H-pyrrole nitrogens is 1. The lowest BCUT2D eigenvalue weighted by Crippen LogP contribution is -2.07. The molecule has 3 rings (SSSR count). The summed E-state index contributed by atoms with van der Waals surface area (Å²) in [4.78, 5) is 16.0. The summed E-state index contributed by atoms with van der Waals surface area (Å²) in [5, 5.41) is 7.35. The van der Waals surface area contributed by atoms with Gasteiger partial charge in [0.1, 0.15) is 5.52 Å². The number of anilines is 1. The first-order valence-corrected chi connectivity index (χ1v) is 6.51. The largest absolute Gasteiger partial charge is 0.354 e. The summed E-state index contributed by atoms with van der Waals surface area (Å²) in [7, 11) is 0. The second kappa shape index (κ2) is 4.52. The molecule has 0 aliphatic heterocycles. The Kier molecular flexibility index (Phi) is 2.86. The van der Waals surface area contributed by atoms with Gasteiger partial charge in [0, 0.05) is 12.7 Å². The molecule has 0 aliphatic carbocycles. The second-order valence-electron chi connectivity index (χ2n) is 3.61. The first-order valence-electron chi connectivity index (χ1n) is 5.43. The summed E-state index contributed by atoms with van der Waals surface area (Å²) >= 11 is 2.21. The predicted molar refractivity (Wildman–Crippen MR) is 75.7 cm³/mol. The van der Waals surface area contributed by atoms with Gasteiger partial charge in [-0.05, 0) is 29.5 Å². The quantitative estimate of drug-likeness (QED) is 0.697. The van der Waals surface area contributed by atoms with Crippen molar-refractivity contribution in [3.05, 3.63) is 22.3 Å². The summed E-state index contributed by atoms with van der Waals surface area (Å²) in [6, 6.07) is 0. The number of imidazole rings is 1. The molecule has 0 bridgehead atoms. The highest BCUT2D eigenvalue weighted by atomic mass is 127. The molecule has 0 radical (unpaired) electrons. The number of rotatable bonds is 3. The van der Waals surface area contributed by atoms with Gasteiger partial charge in [-0.15, -0.1) is 0 Å². The van der Waals surface area contributed by atoms with Crippen LogP contribution < -0.4 is 5.32 Å². The Morgan fingerprint density at radius 3 is 3.06 bits per heavy atom. The van der Waals surface area contributed by atoms with E-state index < -0.39 is 0 Å². The van der Waals surface area contributed by atoms with Crippen LogP contribution in [0.1, 0.15) is 6.92 Å². The second-order valence-corrected chi connectivity index (χ2v) is 4.85. The minimum atomic E-state index is 0.553. The molecule has 8 heteroatoms. The van der Waals surface area contributed by atoms with Crippen LogP contribution in [0.15, 0.2) is 18.7 Å². The zero-order valence-electron chi connectivity index (χ0n) is 9.55. The molecule has 0 spiro atoms. The van der Waals surface area contributed by atoms with Crippen LogP contribution in [0.5, 0.6) is 0 Å². The van der Waals surface area contributed by atoms with E-state index in [0.717, 1.165) is 15.6 Å². The average molecular weight is 355 g/mol. The Morgan fingerprint density at radius 1 is 1.44 bits per heavy atom. The molecule has 0 atom stereocenters. The fourth-order valence-electron chi connectivity index (χ4n) is 1.64. The number of aromatic amines is 1. The lowest BCUT2D eigenvalue weighted by molar-refractivity contribution is 0.848. The van der Waals surface area contributed by atoms with E-state index in [1.807, 2.05) is 13.1 Å². The van der Waals surface area contributed by atoms with Gasteiger partial charge in [0.2, 0.25) is 5.95 Å². The molecule has 3 heterocycles. The van der Waals surface area contributed by atoms with Crippen LogP contribution in [0.2, 0.25) is 0 Å². The molecular weight excluding hydrogens is 345 g/mol. The van der Waals surface area contributed by atoms with Crippen LogP contribution in [0.4, 0.5) is 5.95 Å². The molecule has 0 saturated carbocycles. The van der Waals surface area contributed by atoms with Gasteiger partial charge in [-0.25, -0.2) is 9.67 Å². The molecule has 3 aromatic heterocycles. The third-order valence-corrected chi connectivity index (χ3v) is 2.93. The van der Waals surface area contributed by atoms with Crippen molar-refractivity contribution in [3.8, 4) is 5.82 Å². The van der Waals surface area contributed by atoms with Gasteiger partial charge < -0.3 is 10.3 Å². The van der Waals surface area contributed by atoms with Crippen molar-refractivity contribution >= 4 is 39.7 Å². The molecular formula is C10H10IN7. The van der Waals surface area contributed by atoms with Gasteiger partial charge in [-0.1, -0.05) is 0 Å². The molecule has 0 saturated heterocycles. The fourth-order valence-corrected chi connectivity index (χ4v) is 2.03. The predicted octanol–water partition coefficient (Wildman–Crippen LogP) is 1.57. The Hall–Kier alpha value is -1.71. The van der Waals surface area contributed by atoms with Crippen LogP contribution >= 0.6 is 22.6 Å². The van der Waals surface area contributed by atoms with E-state index in [9.17, 15) is 0 Å². The van der Waals surface area contributed by atoms with Crippen molar-refractivity contribution < 1.29 is 0 Å². The highest BCUT2D eigenvalue weighted by Gasteiger charge is 2.12. The minimum Gasteiger partial charge on any atom is -0.354 e. The van der Waals surface area contributed by atoms with Gasteiger partial charge >= 0.3 is 0 Å². The van der Waals surface area contributed by atoms with Crippen molar-refractivity contribution in [1.29, 1.82) is 0 Å². The summed E-state index contributed by atoms with van der Waals surface area (Å²) < 4.78 is 2.76. The van der Waals surface area contributed by atoms with Gasteiger partial charge in [0.15, 0.2) is 11.5 Å². The monoisotopic (exact) mass is 355 g/mol. The van der Waals surface area contributed by atoms with E-state index in [0.29, 0.717) is 17.4 Å². The number of nitrogens with one attached hydrogen (secondary N) is 2. The SMILES string of the molecule is CCNc1nc(-n2cc(I)cn2)c2[nH]cnc2n1. The normalized spacial score (nSPS) is 11.0. The molecule has 0 amide bonds.